The van der Waals surface area contributed by atoms with Crippen LogP contribution in [0, 0.1) is 17.7 Å². The first-order valence-corrected chi connectivity index (χ1v) is 15.4. The van der Waals surface area contributed by atoms with E-state index < -0.39 is 7.92 Å². The van der Waals surface area contributed by atoms with Gasteiger partial charge in [-0.25, -0.2) is 9.37 Å². The zero-order valence-electron chi connectivity index (χ0n) is 20.8. The molecule has 3 aromatic rings. The smallest absolute Gasteiger partial charge is 0.229 e. The average Bonchev–Trinajstić information content (AvgIpc) is 3.53. The molecular weight excluding hydrogens is 492 g/mol. The van der Waals surface area contributed by atoms with Gasteiger partial charge in [-0.2, -0.15) is 4.98 Å². The fourth-order valence-electron chi connectivity index (χ4n) is 5.82. The number of aromatic nitrogens is 2. The lowest BCUT2D eigenvalue weighted by molar-refractivity contribution is 0.201. The minimum absolute atomic E-state index is 0.241. The summed E-state index contributed by atoms with van der Waals surface area (Å²) >= 11 is 6.42. The van der Waals surface area contributed by atoms with Crippen molar-refractivity contribution in [3.05, 3.63) is 64.6 Å². The second kappa shape index (κ2) is 9.89. The van der Waals surface area contributed by atoms with Gasteiger partial charge in [-0.05, 0) is 98.7 Å². The number of halogens is 2. The molecule has 3 unspecified atom stereocenters. The number of aryl methyl sites for hydroxylation is 2. The summed E-state index contributed by atoms with van der Waals surface area (Å²) in [7, 11) is -0.507. The lowest BCUT2D eigenvalue weighted by Gasteiger charge is -2.27. The lowest BCUT2D eigenvalue weighted by atomic mass is 10.0. The molecule has 2 fully saturated rings. The standard InChI is InChI=1S/C28H32ClFN5P/c1-36(2)26-13-21(30)6-10-25(26)33-27-24(29)14-31-28(34-27)32-22-7-3-17-4-8-23(9-5-18(17)12-22)35-15-19-11-20(19)16-35/h3,6-7,10,12-14,19-20,23H,4-5,8-9,11,15-16H2,1-2H3,(H2,31,32,33,34). The Morgan fingerprint density at radius 2 is 1.78 bits per heavy atom. The third-order valence-electron chi connectivity index (χ3n) is 7.92. The largest absolute Gasteiger partial charge is 0.338 e. The van der Waals surface area contributed by atoms with Gasteiger partial charge in [0.05, 0.1) is 6.20 Å². The molecule has 3 aliphatic rings. The van der Waals surface area contributed by atoms with Crippen LogP contribution in [-0.2, 0) is 12.8 Å². The molecule has 2 N–H and O–H groups in total. The van der Waals surface area contributed by atoms with Gasteiger partial charge < -0.3 is 10.6 Å². The summed E-state index contributed by atoms with van der Waals surface area (Å²) in [6.07, 6.45) is 7.81. The number of fused-ring (bicyclic) bond motifs is 2. The minimum Gasteiger partial charge on any atom is -0.338 e. The van der Waals surface area contributed by atoms with E-state index in [0.717, 1.165) is 47.4 Å². The summed E-state index contributed by atoms with van der Waals surface area (Å²) < 4.78 is 13.8. The van der Waals surface area contributed by atoms with Crippen LogP contribution in [-0.4, -0.2) is 47.3 Å². The molecule has 2 aromatic carbocycles. The first-order chi connectivity index (χ1) is 17.4. The van der Waals surface area contributed by atoms with E-state index in [0.29, 0.717) is 16.8 Å². The van der Waals surface area contributed by atoms with E-state index in [1.165, 1.54) is 49.5 Å². The second-order valence-electron chi connectivity index (χ2n) is 10.6. The summed E-state index contributed by atoms with van der Waals surface area (Å²) in [6.45, 7) is 6.83. The highest BCUT2D eigenvalue weighted by atomic mass is 35.5. The third-order valence-corrected chi connectivity index (χ3v) is 9.53. The van der Waals surface area contributed by atoms with Crippen molar-refractivity contribution >= 4 is 48.0 Å². The van der Waals surface area contributed by atoms with E-state index in [-0.39, 0.29) is 5.82 Å². The van der Waals surface area contributed by atoms with Gasteiger partial charge in [-0.1, -0.05) is 25.6 Å². The Bertz CT molecular complexity index is 1270. The van der Waals surface area contributed by atoms with Crippen LogP contribution in [0.1, 0.15) is 30.4 Å². The van der Waals surface area contributed by atoms with Gasteiger partial charge in [-0.15, -0.1) is 0 Å². The highest BCUT2D eigenvalue weighted by Crippen LogP contribution is 2.46. The number of hydrogen-bond donors (Lipinski definition) is 2. The molecule has 2 heterocycles. The van der Waals surface area contributed by atoms with Gasteiger partial charge in [0, 0.05) is 35.8 Å². The van der Waals surface area contributed by atoms with Crippen molar-refractivity contribution in [2.24, 2.45) is 11.8 Å². The molecule has 3 atom stereocenters. The van der Waals surface area contributed by atoms with Crippen molar-refractivity contribution in [2.75, 3.05) is 37.1 Å². The van der Waals surface area contributed by atoms with Crippen LogP contribution in [0.3, 0.4) is 0 Å². The average molecular weight is 524 g/mol. The van der Waals surface area contributed by atoms with Crippen molar-refractivity contribution < 1.29 is 4.39 Å². The van der Waals surface area contributed by atoms with Gasteiger partial charge >= 0.3 is 0 Å². The van der Waals surface area contributed by atoms with Gasteiger partial charge in [0.25, 0.3) is 0 Å². The first kappa shape index (κ1) is 24.1. The summed E-state index contributed by atoms with van der Waals surface area (Å²) in [5, 5.41) is 8.01. The third kappa shape index (κ3) is 5.09. The van der Waals surface area contributed by atoms with Crippen LogP contribution in [0.5, 0.6) is 0 Å². The molecule has 36 heavy (non-hydrogen) atoms. The maximum atomic E-state index is 13.8. The second-order valence-corrected chi connectivity index (χ2v) is 13.3. The van der Waals surface area contributed by atoms with Gasteiger partial charge in [0.1, 0.15) is 10.8 Å². The van der Waals surface area contributed by atoms with E-state index in [1.54, 1.807) is 18.3 Å². The Balaban J connectivity index is 1.16. The van der Waals surface area contributed by atoms with E-state index >= 15 is 0 Å². The van der Waals surface area contributed by atoms with Gasteiger partial charge in [0.2, 0.25) is 5.95 Å². The van der Waals surface area contributed by atoms with Crippen molar-refractivity contribution in [2.45, 2.75) is 38.1 Å². The SMILES string of the molecule is CP(C)c1cc(F)ccc1Nc1nc(Nc2ccc3c(c2)CCC(N2CC4CC4C2)CC3)ncc1Cl. The molecule has 188 valence electrons. The molecule has 0 bridgehead atoms. The molecule has 1 saturated heterocycles. The van der Waals surface area contributed by atoms with Crippen molar-refractivity contribution in [3.8, 4) is 0 Å². The lowest BCUT2D eigenvalue weighted by Crippen LogP contribution is -2.34. The number of anilines is 4. The number of nitrogens with one attached hydrogen (secondary N) is 2. The van der Waals surface area contributed by atoms with Crippen LogP contribution >= 0.6 is 19.5 Å². The Hall–Kier alpha value is -2.27. The Morgan fingerprint density at radius 3 is 2.56 bits per heavy atom. The minimum atomic E-state index is -0.507. The van der Waals surface area contributed by atoms with Gasteiger partial charge in [0.15, 0.2) is 5.82 Å². The molecule has 8 heteroatoms. The molecular formula is C28H32ClFN5P. The van der Waals surface area contributed by atoms with Crippen LogP contribution in [0.15, 0.2) is 42.6 Å². The Labute approximate surface area is 218 Å². The molecule has 0 spiro atoms. The molecule has 6 rings (SSSR count). The van der Waals surface area contributed by atoms with E-state index in [9.17, 15) is 4.39 Å². The summed E-state index contributed by atoms with van der Waals surface area (Å²) in [5.74, 6) is 2.72. The van der Waals surface area contributed by atoms with Crippen LogP contribution < -0.4 is 15.9 Å². The number of likely N-dealkylation sites (tertiary alicyclic amines) is 1. The number of benzene rings is 2. The zero-order chi connectivity index (χ0) is 24.8. The molecule has 1 aliphatic heterocycles. The van der Waals surface area contributed by atoms with Gasteiger partial charge in [-0.3, -0.25) is 4.90 Å². The highest BCUT2D eigenvalue weighted by molar-refractivity contribution is 7.64. The van der Waals surface area contributed by atoms with Crippen molar-refractivity contribution in [3.63, 3.8) is 0 Å². The maximum Gasteiger partial charge on any atom is 0.229 e. The predicted molar refractivity (Wildman–Crippen MR) is 148 cm³/mol. The fraction of sp³-hybridized carbons (Fsp3) is 0.429. The summed E-state index contributed by atoms with van der Waals surface area (Å²) in [6, 6.07) is 12.1. The van der Waals surface area contributed by atoms with E-state index in [4.69, 9.17) is 11.6 Å². The molecule has 5 nitrogen and oxygen atoms in total. The van der Waals surface area contributed by atoms with Crippen LogP contribution in [0.2, 0.25) is 5.02 Å². The molecule has 0 amide bonds. The Morgan fingerprint density at radius 1 is 1.00 bits per heavy atom. The predicted octanol–water partition coefficient (Wildman–Crippen LogP) is 6.32. The number of nitrogens with zero attached hydrogens (tertiary/aromatic N) is 3. The summed E-state index contributed by atoms with van der Waals surface area (Å²) in [5.41, 5.74) is 4.69. The monoisotopic (exact) mass is 523 g/mol. The normalized spacial score (nSPS) is 23.2. The van der Waals surface area contributed by atoms with E-state index in [2.05, 4.69) is 57.0 Å². The molecule has 2 aliphatic carbocycles. The fourth-order valence-corrected chi connectivity index (χ4v) is 6.95. The number of rotatable bonds is 6. The van der Waals surface area contributed by atoms with Crippen molar-refractivity contribution in [1.82, 2.24) is 14.9 Å². The highest BCUT2D eigenvalue weighted by Gasteiger charge is 2.46. The zero-order valence-corrected chi connectivity index (χ0v) is 22.4. The van der Waals surface area contributed by atoms with Crippen LogP contribution in [0.4, 0.5) is 27.5 Å². The quantitative estimate of drug-likeness (QED) is 0.292. The maximum absolute atomic E-state index is 13.8. The Kier molecular flexibility index (Phi) is 6.62. The molecule has 0 radical (unpaired) electrons. The first-order valence-electron chi connectivity index (χ1n) is 12.8. The molecule has 1 aromatic heterocycles. The summed E-state index contributed by atoms with van der Waals surface area (Å²) in [4.78, 5) is 11.8. The topological polar surface area (TPSA) is 53.1 Å². The van der Waals surface area contributed by atoms with E-state index in [1.807, 2.05) is 0 Å². The van der Waals surface area contributed by atoms with Crippen molar-refractivity contribution in [1.29, 1.82) is 0 Å². The number of piperidine rings is 1. The number of hydrogen-bond acceptors (Lipinski definition) is 5. The van der Waals surface area contributed by atoms with Crippen LogP contribution in [0.25, 0.3) is 0 Å². The molecule has 1 saturated carbocycles.